The average molecular weight is 309 g/mol. The maximum atomic E-state index is 12.1. The van der Waals surface area contributed by atoms with E-state index >= 15 is 0 Å². The molecular weight excluding hydrogens is 286 g/mol. The highest BCUT2D eigenvalue weighted by Gasteiger charge is 2.25. The van der Waals surface area contributed by atoms with Crippen LogP contribution in [0.5, 0.6) is 0 Å². The smallest absolute Gasteiger partial charge is 0.317 e. The molecule has 0 aliphatic carbocycles. The van der Waals surface area contributed by atoms with Gasteiger partial charge in [-0.2, -0.15) is 0 Å². The number of hydrogen-bond acceptors (Lipinski definition) is 4. The predicted molar refractivity (Wildman–Crippen MR) is 80.4 cm³/mol. The summed E-state index contributed by atoms with van der Waals surface area (Å²) in [5.41, 5.74) is 0. The van der Waals surface area contributed by atoms with E-state index in [0.717, 1.165) is 11.5 Å². The molecule has 0 bridgehead atoms. The molecule has 1 aromatic rings. The third kappa shape index (κ3) is 4.49. The number of urea groups is 1. The SMILES string of the molecule is CC(=O)N1CCN(C(=O)NCCc2ccc(C)o2)C[C@@H](O)C1. The van der Waals surface area contributed by atoms with Crippen LogP contribution in [0.15, 0.2) is 16.5 Å². The van der Waals surface area contributed by atoms with Crippen molar-refractivity contribution in [3.8, 4) is 0 Å². The van der Waals surface area contributed by atoms with Gasteiger partial charge in [-0.25, -0.2) is 4.79 Å². The number of rotatable bonds is 3. The molecule has 1 saturated heterocycles. The lowest BCUT2D eigenvalue weighted by atomic mass is 10.3. The van der Waals surface area contributed by atoms with Crippen LogP contribution in [-0.2, 0) is 11.2 Å². The van der Waals surface area contributed by atoms with Crippen LogP contribution in [-0.4, -0.2) is 65.7 Å². The minimum atomic E-state index is -0.718. The summed E-state index contributed by atoms with van der Waals surface area (Å²) in [7, 11) is 0. The van der Waals surface area contributed by atoms with Gasteiger partial charge < -0.3 is 24.6 Å². The highest BCUT2D eigenvalue weighted by molar-refractivity contribution is 5.75. The number of β-amino-alcohol motifs (C(OH)–C–C–N with tert-alkyl or cyclic N) is 1. The molecule has 0 saturated carbocycles. The molecule has 7 heteroatoms. The van der Waals surface area contributed by atoms with Crippen LogP contribution in [0, 0.1) is 6.92 Å². The lowest BCUT2D eigenvalue weighted by molar-refractivity contribution is -0.129. The lowest BCUT2D eigenvalue weighted by Gasteiger charge is -2.21. The van der Waals surface area contributed by atoms with Gasteiger partial charge in [0.25, 0.3) is 0 Å². The zero-order valence-electron chi connectivity index (χ0n) is 13.0. The third-order valence-corrected chi connectivity index (χ3v) is 3.68. The zero-order valence-corrected chi connectivity index (χ0v) is 13.0. The molecule has 0 radical (unpaired) electrons. The van der Waals surface area contributed by atoms with E-state index in [1.807, 2.05) is 19.1 Å². The van der Waals surface area contributed by atoms with Gasteiger partial charge in [0.2, 0.25) is 5.91 Å². The van der Waals surface area contributed by atoms with Gasteiger partial charge in [0.15, 0.2) is 0 Å². The fourth-order valence-corrected chi connectivity index (χ4v) is 2.48. The number of aryl methyl sites for hydroxylation is 1. The normalized spacial score (nSPS) is 19.0. The molecule has 122 valence electrons. The molecule has 0 unspecified atom stereocenters. The van der Waals surface area contributed by atoms with Crippen molar-refractivity contribution in [3.63, 3.8) is 0 Å². The van der Waals surface area contributed by atoms with E-state index in [2.05, 4.69) is 5.32 Å². The first-order valence-electron chi connectivity index (χ1n) is 7.47. The number of aliphatic hydroxyl groups excluding tert-OH is 1. The first-order valence-corrected chi connectivity index (χ1v) is 7.47. The summed E-state index contributed by atoms with van der Waals surface area (Å²) in [6.07, 6.45) is -0.0971. The second kappa shape index (κ2) is 7.31. The topological polar surface area (TPSA) is 86.0 Å². The molecule has 7 nitrogen and oxygen atoms in total. The Labute approximate surface area is 129 Å². The Kier molecular flexibility index (Phi) is 5.43. The third-order valence-electron chi connectivity index (χ3n) is 3.68. The van der Waals surface area contributed by atoms with Crippen molar-refractivity contribution in [2.24, 2.45) is 0 Å². The molecule has 22 heavy (non-hydrogen) atoms. The zero-order chi connectivity index (χ0) is 16.1. The number of carbonyl (C=O) groups is 2. The molecule has 1 fully saturated rings. The van der Waals surface area contributed by atoms with E-state index in [4.69, 9.17) is 4.42 Å². The minimum Gasteiger partial charge on any atom is -0.466 e. The van der Waals surface area contributed by atoms with Gasteiger partial charge in [0, 0.05) is 39.5 Å². The predicted octanol–water partition coefficient (Wildman–Crippen LogP) is 0.365. The molecule has 1 aliphatic rings. The fourth-order valence-electron chi connectivity index (χ4n) is 2.48. The van der Waals surface area contributed by atoms with E-state index in [9.17, 15) is 14.7 Å². The molecule has 0 aromatic carbocycles. The Hall–Kier alpha value is -2.02. The van der Waals surface area contributed by atoms with E-state index in [-0.39, 0.29) is 25.0 Å². The Bertz CT molecular complexity index is 529. The van der Waals surface area contributed by atoms with Crippen LogP contribution in [0.2, 0.25) is 0 Å². The number of nitrogens with one attached hydrogen (secondary N) is 1. The second-order valence-electron chi connectivity index (χ2n) is 5.56. The van der Waals surface area contributed by atoms with Crippen molar-refractivity contribution in [3.05, 3.63) is 23.7 Å². The summed E-state index contributed by atoms with van der Waals surface area (Å²) in [6.45, 7) is 5.17. The molecule has 1 aliphatic heterocycles. The van der Waals surface area contributed by atoms with Gasteiger partial charge >= 0.3 is 6.03 Å². The molecule has 1 atom stereocenters. The summed E-state index contributed by atoms with van der Waals surface area (Å²) in [5, 5.41) is 12.7. The van der Waals surface area contributed by atoms with Crippen LogP contribution in [0.4, 0.5) is 4.79 Å². The number of amides is 3. The number of nitrogens with zero attached hydrogens (tertiary/aromatic N) is 2. The summed E-state index contributed by atoms with van der Waals surface area (Å²) >= 11 is 0. The van der Waals surface area contributed by atoms with Gasteiger partial charge in [-0.3, -0.25) is 4.79 Å². The van der Waals surface area contributed by atoms with Crippen LogP contribution in [0.3, 0.4) is 0 Å². The molecule has 2 rings (SSSR count). The molecule has 3 amide bonds. The number of hydrogen-bond donors (Lipinski definition) is 2. The first-order chi connectivity index (χ1) is 10.5. The van der Waals surface area contributed by atoms with E-state index < -0.39 is 6.10 Å². The van der Waals surface area contributed by atoms with Crippen molar-refractivity contribution in [2.45, 2.75) is 26.4 Å². The van der Waals surface area contributed by atoms with Crippen molar-refractivity contribution in [1.29, 1.82) is 0 Å². The highest BCUT2D eigenvalue weighted by Crippen LogP contribution is 2.07. The van der Waals surface area contributed by atoms with Gasteiger partial charge in [-0.1, -0.05) is 0 Å². The minimum absolute atomic E-state index is 0.0884. The summed E-state index contributed by atoms with van der Waals surface area (Å²) in [5.74, 6) is 1.59. The Balaban J connectivity index is 1.80. The van der Waals surface area contributed by atoms with Crippen LogP contribution in [0.1, 0.15) is 18.4 Å². The molecule has 2 heterocycles. The lowest BCUT2D eigenvalue weighted by Crippen LogP contribution is -2.44. The van der Waals surface area contributed by atoms with Crippen molar-refractivity contribution in [2.75, 3.05) is 32.7 Å². The second-order valence-corrected chi connectivity index (χ2v) is 5.56. The standard InChI is InChI=1S/C15H23N3O4/c1-11-3-4-14(22-11)5-6-16-15(21)18-8-7-17(12(2)19)9-13(20)10-18/h3-4,13,20H,5-10H2,1-2H3,(H,16,21)/t13-/m0/s1. The largest absolute Gasteiger partial charge is 0.466 e. The van der Waals surface area contributed by atoms with Crippen LogP contribution >= 0.6 is 0 Å². The van der Waals surface area contributed by atoms with E-state index in [0.29, 0.717) is 26.1 Å². The summed E-state index contributed by atoms with van der Waals surface area (Å²) in [4.78, 5) is 26.6. The maximum Gasteiger partial charge on any atom is 0.317 e. The summed E-state index contributed by atoms with van der Waals surface area (Å²) in [6, 6.07) is 3.55. The Morgan fingerprint density at radius 3 is 2.64 bits per heavy atom. The molecule has 2 N–H and O–H groups in total. The molecule has 0 spiro atoms. The number of aliphatic hydroxyl groups is 1. The Morgan fingerprint density at radius 2 is 2.00 bits per heavy atom. The maximum absolute atomic E-state index is 12.1. The van der Waals surface area contributed by atoms with Crippen LogP contribution < -0.4 is 5.32 Å². The molecular formula is C15H23N3O4. The quantitative estimate of drug-likeness (QED) is 0.844. The average Bonchev–Trinajstić information content (AvgIpc) is 2.75. The van der Waals surface area contributed by atoms with Crippen molar-refractivity contribution >= 4 is 11.9 Å². The first kappa shape index (κ1) is 16.4. The summed E-state index contributed by atoms with van der Waals surface area (Å²) < 4.78 is 5.44. The van der Waals surface area contributed by atoms with Gasteiger partial charge in [-0.15, -0.1) is 0 Å². The molecule has 1 aromatic heterocycles. The van der Waals surface area contributed by atoms with Crippen molar-refractivity contribution in [1.82, 2.24) is 15.1 Å². The van der Waals surface area contributed by atoms with Gasteiger partial charge in [0.05, 0.1) is 12.6 Å². The van der Waals surface area contributed by atoms with Gasteiger partial charge in [-0.05, 0) is 19.1 Å². The van der Waals surface area contributed by atoms with Crippen molar-refractivity contribution < 1.29 is 19.1 Å². The monoisotopic (exact) mass is 309 g/mol. The fraction of sp³-hybridized carbons (Fsp3) is 0.600. The number of furan rings is 1. The van der Waals surface area contributed by atoms with Gasteiger partial charge in [0.1, 0.15) is 11.5 Å². The highest BCUT2D eigenvalue weighted by atomic mass is 16.3. The Morgan fingerprint density at radius 1 is 1.32 bits per heavy atom. The number of carbonyl (C=O) groups excluding carboxylic acids is 2. The van der Waals surface area contributed by atoms with E-state index in [1.54, 1.807) is 9.80 Å². The van der Waals surface area contributed by atoms with E-state index in [1.165, 1.54) is 6.92 Å². The van der Waals surface area contributed by atoms with Crippen LogP contribution in [0.25, 0.3) is 0 Å².